The van der Waals surface area contributed by atoms with Gasteiger partial charge in [-0.1, -0.05) is 6.42 Å². The van der Waals surface area contributed by atoms with Crippen LogP contribution in [0.5, 0.6) is 0 Å². The van der Waals surface area contributed by atoms with Crippen LogP contribution in [0.4, 0.5) is 0 Å². The van der Waals surface area contributed by atoms with Gasteiger partial charge in [0.15, 0.2) is 0 Å². The van der Waals surface area contributed by atoms with E-state index in [1.807, 2.05) is 0 Å². The topological polar surface area (TPSA) is 64.7 Å². The summed E-state index contributed by atoms with van der Waals surface area (Å²) in [6, 6.07) is 0.575. The summed E-state index contributed by atoms with van der Waals surface area (Å²) in [6.45, 7) is 6.68. The first-order valence-electron chi connectivity index (χ1n) is 8.31. The molecule has 0 aliphatic carbocycles. The summed E-state index contributed by atoms with van der Waals surface area (Å²) in [5, 5.41) is 3.29. The third kappa shape index (κ3) is 4.16. The molecule has 3 fully saturated rings. The first-order chi connectivity index (χ1) is 10.1. The van der Waals surface area contributed by atoms with Gasteiger partial charge in [-0.25, -0.2) is 13.1 Å². The van der Waals surface area contributed by atoms with Crippen molar-refractivity contribution in [3.63, 3.8) is 0 Å². The Bertz CT molecular complexity index is 436. The van der Waals surface area contributed by atoms with E-state index in [0.717, 1.165) is 52.1 Å². The average molecular weight is 316 g/mol. The quantitative estimate of drug-likeness (QED) is 0.712. The van der Waals surface area contributed by atoms with Gasteiger partial charge in [0.05, 0.1) is 5.75 Å². The molecule has 3 saturated heterocycles. The molecule has 0 aromatic carbocycles. The lowest BCUT2D eigenvalue weighted by atomic mass is 10.00. The van der Waals surface area contributed by atoms with Crippen LogP contribution in [0, 0.1) is 0 Å². The molecule has 21 heavy (non-hydrogen) atoms. The number of sulfonamides is 1. The molecular weight excluding hydrogens is 288 g/mol. The Kier molecular flexibility index (Phi) is 5.16. The van der Waals surface area contributed by atoms with Gasteiger partial charge in [0.25, 0.3) is 0 Å². The maximum atomic E-state index is 12.3. The Hall–Kier alpha value is -0.210. The number of rotatable bonds is 5. The van der Waals surface area contributed by atoms with Crippen LogP contribution in [0.2, 0.25) is 0 Å². The normalized spacial score (nSPS) is 32.2. The molecule has 2 N–H and O–H groups in total. The molecule has 3 aliphatic rings. The predicted molar refractivity (Wildman–Crippen MR) is 83.8 cm³/mol. The highest BCUT2D eigenvalue weighted by Crippen LogP contribution is 2.27. The lowest BCUT2D eigenvalue weighted by Crippen LogP contribution is -2.49. The van der Waals surface area contributed by atoms with Gasteiger partial charge in [0, 0.05) is 51.4 Å². The van der Waals surface area contributed by atoms with E-state index in [1.165, 1.54) is 12.8 Å². The maximum Gasteiger partial charge on any atom is 0.213 e. The number of hydrogen-bond acceptors (Lipinski definition) is 5. The molecule has 3 rings (SSSR count). The summed E-state index contributed by atoms with van der Waals surface area (Å²) < 4.78 is 27.6. The smallest absolute Gasteiger partial charge is 0.213 e. The number of fused-ring (bicyclic) bond motifs is 1. The molecule has 6 nitrogen and oxygen atoms in total. The molecule has 122 valence electrons. The number of piperazine rings is 1. The minimum atomic E-state index is -3.15. The zero-order valence-electron chi connectivity index (χ0n) is 12.8. The van der Waals surface area contributed by atoms with E-state index in [0.29, 0.717) is 12.6 Å². The van der Waals surface area contributed by atoms with Crippen LogP contribution in [0.15, 0.2) is 0 Å². The Labute approximate surface area is 128 Å². The number of nitrogens with zero attached hydrogens (tertiary/aromatic N) is 2. The first-order valence-corrected chi connectivity index (χ1v) is 9.96. The van der Waals surface area contributed by atoms with Crippen molar-refractivity contribution in [2.24, 2.45) is 0 Å². The third-order valence-electron chi connectivity index (χ3n) is 5.07. The second kappa shape index (κ2) is 6.91. The summed E-state index contributed by atoms with van der Waals surface area (Å²) in [5.41, 5.74) is 0. The van der Waals surface area contributed by atoms with Crippen molar-refractivity contribution in [1.82, 2.24) is 19.8 Å². The summed E-state index contributed by atoms with van der Waals surface area (Å²) in [5.74, 6) is 0.232. The van der Waals surface area contributed by atoms with Gasteiger partial charge in [-0.3, -0.25) is 9.80 Å². The van der Waals surface area contributed by atoms with E-state index < -0.39 is 10.0 Å². The van der Waals surface area contributed by atoms with Crippen LogP contribution in [-0.2, 0) is 10.0 Å². The molecule has 0 spiro atoms. The molecule has 3 aliphatic heterocycles. The van der Waals surface area contributed by atoms with Gasteiger partial charge in [-0.2, -0.15) is 0 Å². The number of hydrogen-bond donors (Lipinski definition) is 2. The zero-order chi connectivity index (χ0) is 14.7. The molecule has 0 amide bonds. The van der Waals surface area contributed by atoms with Crippen LogP contribution in [-0.4, -0.2) is 81.9 Å². The van der Waals surface area contributed by atoms with Crippen molar-refractivity contribution in [3.8, 4) is 0 Å². The highest BCUT2D eigenvalue weighted by atomic mass is 32.2. The first kappa shape index (κ1) is 15.7. The minimum absolute atomic E-state index is 0.137. The Morgan fingerprint density at radius 2 is 1.86 bits per heavy atom. The van der Waals surface area contributed by atoms with Crippen LogP contribution < -0.4 is 10.0 Å². The molecule has 0 aromatic heterocycles. The van der Waals surface area contributed by atoms with Crippen molar-refractivity contribution in [2.45, 2.75) is 37.8 Å². The SMILES string of the molecule is O=S(=O)(CCN1CCNCC1)NC1CCN2CCCCC12. The summed E-state index contributed by atoms with van der Waals surface area (Å²) in [7, 11) is -3.15. The highest BCUT2D eigenvalue weighted by molar-refractivity contribution is 7.89. The lowest BCUT2D eigenvalue weighted by Gasteiger charge is -2.32. The third-order valence-corrected chi connectivity index (χ3v) is 6.45. The van der Waals surface area contributed by atoms with Gasteiger partial charge < -0.3 is 5.32 Å². The molecular formula is C14H28N4O2S. The fourth-order valence-electron chi connectivity index (χ4n) is 3.86. The molecule has 2 atom stereocenters. The van der Waals surface area contributed by atoms with Crippen LogP contribution in [0.1, 0.15) is 25.7 Å². The van der Waals surface area contributed by atoms with Gasteiger partial charge in [-0.05, 0) is 25.8 Å². The fraction of sp³-hybridized carbons (Fsp3) is 1.00. The zero-order valence-corrected chi connectivity index (χ0v) is 13.6. The van der Waals surface area contributed by atoms with E-state index >= 15 is 0 Å². The van der Waals surface area contributed by atoms with Crippen LogP contribution >= 0.6 is 0 Å². The molecule has 3 heterocycles. The lowest BCUT2D eigenvalue weighted by molar-refractivity contribution is 0.186. The van der Waals surface area contributed by atoms with Crippen molar-refractivity contribution >= 4 is 10.0 Å². The van der Waals surface area contributed by atoms with E-state index in [-0.39, 0.29) is 11.8 Å². The van der Waals surface area contributed by atoms with Crippen molar-refractivity contribution < 1.29 is 8.42 Å². The molecule has 0 bridgehead atoms. The van der Waals surface area contributed by atoms with Gasteiger partial charge in [0.2, 0.25) is 10.0 Å². The Morgan fingerprint density at radius 3 is 2.67 bits per heavy atom. The van der Waals surface area contributed by atoms with E-state index in [2.05, 4.69) is 19.8 Å². The molecule has 0 aromatic rings. The Morgan fingerprint density at radius 1 is 1.05 bits per heavy atom. The number of piperidine rings is 1. The monoisotopic (exact) mass is 316 g/mol. The molecule has 0 saturated carbocycles. The second-order valence-corrected chi connectivity index (χ2v) is 8.40. The number of nitrogens with one attached hydrogen (secondary N) is 2. The largest absolute Gasteiger partial charge is 0.314 e. The van der Waals surface area contributed by atoms with Crippen LogP contribution in [0.25, 0.3) is 0 Å². The fourth-order valence-corrected chi connectivity index (χ4v) is 5.21. The average Bonchev–Trinajstić information content (AvgIpc) is 2.89. The molecule has 7 heteroatoms. The van der Waals surface area contributed by atoms with Gasteiger partial charge in [-0.15, -0.1) is 0 Å². The van der Waals surface area contributed by atoms with E-state index in [4.69, 9.17) is 0 Å². The summed E-state index contributed by atoms with van der Waals surface area (Å²) in [6.07, 6.45) is 4.61. The molecule has 0 radical (unpaired) electrons. The van der Waals surface area contributed by atoms with Crippen molar-refractivity contribution in [3.05, 3.63) is 0 Å². The highest BCUT2D eigenvalue weighted by Gasteiger charge is 2.37. The summed E-state index contributed by atoms with van der Waals surface area (Å²) in [4.78, 5) is 4.70. The van der Waals surface area contributed by atoms with Crippen molar-refractivity contribution in [2.75, 3.05) is 51.6 Å². The molecule has 2 unspecified atom stereocenters. The minimum Gasteiger partial charge on any atom is -0.314 e. The predicted octanol–water partition coefficient (Wildman–Crippen LogP) is -0.562. The van der Waals surface area contributed by atoms with Crippen molar-refractivity contribution in [1.29, 1.82) is 0 Å². The summed E-state index contributed by atoms with van der Waals surface area (Å²) >= 11 is 0. The van der Waals surface area contributed by atoms with E-state index in [1.54, 1.807) is 0 Å². The maximum absolute atomic E-state index is 12.3. The van der Waals surface area contributed by atoms with E-state index in [9.17, 15) is 8.42 Å². The van der Waals surface area contributed by atoms with Crippen LogP contribution in [0.3, 0.4) is 0 Å². The van der Waals surface area contributed by atoms with Gasteiger partial charge >= 0.3 is 0 Å². The van der Waals surface area contributed by atoms with Gasteiger partial charge in [0.1, 0.15) is 0 Å². The Balaban J connectivity index is 1.48. The second-order valence-electron chi connectivity index (χ2n) is 6.52. The standard InChI is InChI=1S/C14H28N4O2S/c19-21(20,12-11-17-9-5-15-6-10-17)16-13-4-8-18-7-2-1-3-14(13)18/h13-16H,1-12H2.